The van der Waals surface area contributed by atoms with E-state index in [0.717, 1.165) is 36.1 Å². The zero-order chi connectivity index (χ0) is 15.5. The number of carbonyl (C=O) groups is 1. The van der Waals surface area contributed by atoms with Crippen molar-refractivity contribution in [1.29, 1.82) is 0 Å². The molecule has 2 aromatic rings. The van der Waals surface area contributed by atoms with Crippen LogP contribution in [-0.2, 0) is 0 Å². The summed E-state index contributed by atoms with van der Waals surface area (Å²) >= 11 is 3.45. The number of aromatic nitrogens is 2. The summed E-state index contributed by atoms with van der Waals surface area (Å²) in [4.78, 5) is 14.5. The van der Waals surface area contributed by atoms with E-state index in [9.17, 15) is 4.79 Å². The van der Waals surface area contributed by atoms with E-state index in [1.165, 1.54) is 0 Å². The van der Waals surface area contributed by atoms with Gasteiger partial charge in [-0.25, -0.2) is 4.68 Å². The first-order chi connectivity index (χ1) is 10.7. The van der Waals surface area contributed by atoms with Gasteiger partial charge in [0.05, 0.1) is 17.4 Å². The normalized spacial score (nSPS) is 15.3. The van der Waals surface area contributed by atoms with Crippen LogP contribution in [0.4, 0.5) is 0 Å². The molecule has 0 aliphatic carbocycles. The van der Waals surface area contributed by atoms with Crippen molar-refractivity contribution in [2.75, 3.05) is 20.1 Å². The smallest absolute Gasteiger partial charge is 0.257 e. The maximum Gasteiger partial charge on any atom is 0.257 e. The summed E-state index contributed by atoms with van der Waals surface area (Å²) in [6.07, 6.45) is 5.45. The van der Waals surface area contributed by atoms with Crippen LogP contribution in [0, 0.1) is 0 Å². The minimum absolute atomic E-state index is 0. The van der Waals surface area contributed by atoms with E-state index in [1.807, 2.05) is 36.2 Å². The van der Waals surface area contributed by atoms with Crippen LogP contribution in [0.3, 0.4) is 0 Å². The molecule has 2 heterocycles. The van der Waals surface area contributed by atoms with Gasteiger partial charge in [0.2, 0.25) is 0 Å². The highest BCUT2D eigenvalue weighted by Crippen LogP contribution is 2.17. The largest absolute Gasteiger partial charge is 0.338 e. The number of benzene rings is 1. The number of nitrogens with zero attached hydrogens (tertiary/aromatic N) is 3. The number of hydrogen-bond acceptors (Lipinski definition) is 3. The Balaban J connectivity index is 0.00000192. The number of hydrogen-bond donors (Lipinski definition) is 1. The van der Waals surface area contributed by atoms with Gasteiger partial charge in [-0.1, -0.05) is 22.0 Å². The maximum atomic E-state index is 12.5. The van der Waals surface area contributed by atoms with Crippen molar-refractivity contribution < 1.29 is 4.79 Å². The molecule has 1 aliphatic heterocycles. The van der Waals surface area contributed by atoms with Crippen LogP contribution in [0.25, 0.3) is 5.69 Å². The fourth-order valence-electron chi connectivity index (χ4n) is 2.75. The molecule has 124 valence electrons. The van der Waals surface area contributed by atoms with Gasteiger partial charge in [-0.2, -0.15) is 5.10 Å². The standard InChI is InChI=1S/C16H19BrN4O.ClH/c1-18-14-5-7-20(8-6-14)16(22)12-10-19-21(11-12)15-4-2-3-13(17)9-15;/h2-4,9-11,14,18H,5-8H2,1H3;1H. The molecular weight excluding hydrogens is 380 g/mol. The molecule has 0 saturated carbocycles. The highest BCUT2D eigenvalue weighted by atomic mass is 79.9. The Morgan fingerprint density at radius 2 is 2.09 bits per heavy atom. The third-order valence-corrected chi connectivity index (χ3v) is 4.59. The van der Waals surface area contributed by atoms with Crippen molar-refractivity contribution in [3.8, 4) is 5.69 Å². The number of rotatable bonds is 3. The van der Waals surface area contributed by atoms with Gasteiger partial charge < -0.3 is 10.2 Å². The van der Waals surface area contributed by atoms with Gasteiger partial charge in [0.1, 0.15) is 0 Å². The molecule has 0 unspecified atom stereocenters. The van der Waals surface area contributed by atoms with Gasteiger partial charge in [0.25, 0.3) is 5.91 Å². The lowest BCUT2D eigenvalue weighted by Crippen LogP contribution is -2.43. The molecule has 3 rings (SSSR count). The second-order valence-corrected chi connectivity index (χ2v) is 6.42. The highest BCUT2D eigenvalue weighted by molar-refractivity contribution is 9.10. The van der Waals surface area contributed by atoms with E-state index in [-0.39, 0.29) is 18.3 Å². The van der Waals surface area contributed by atoms with Crippen molar-refractivity contribution in [3.63, 3.8) is 0 Å². The van der Waals surface area contributed by atoms with Gasteiger partial charge >= 0.3 is 0 Å². The molecule has 1 aromatic heterocycles. The summed E-state index contributed by atoms with van der Waals surface area (Å²) < 4.78 is 2.72. The molecule has 1 fully saturated rings. The minimum atomic E-state index is 0. The molecular formula is C16H20BrClN4O. The van der Waals surface area contributed by atoms with Gasteiger partial charge in [-0.15, -0.1) is 12.4 Å². The monoisotopic (exact) mass is 398 g/mol. The SMILES string of the molecule is CNC1CCN(C(=O)c2cnn(-c3cccc(Br)c3)c2)CC1.Cl. The van der Waals surface area contributed by atoms with E-state index < -0.39 is 0 Å². The quantitative estimate of drug-likeness (QED) is 0.863. The molecule has 0 spiro atoms. The average molecular weight is 400 g/mol. The Morgan fingerprint density at radius 3 is 2.74 bits per heavy atom. The molecule has 5 nitrogen and oxygen atoms in total. The van der Waals surface area contributed by atoms with Crippen LogP contribution in [-0.4, -0.2) is 46.8 Å². The average Bonchev–Trinajstić information content (AvgIpc) is 3.04. The van der Waals surface area contributed by atoms with E-state index in [0.29, 0.717) is 11.6 Å². The topological polar surface area (TPSA) is 50.2 Å². The predicted molar refractivity (Wildman–Crippen MR) is 96.5 cm³/mol. The second-order valence-electron chi connectivity index (χ2n) is 5.51. The Kier molecular flexibility index (Phi) is 6.21. The van der Waals surface area contributed by atoms with E-state index in [2.05, 4.69) is 26.3 Å². The Bertz CT molecular complexity index is 668. The molecule has 1 amide bonds. The molecule has 0 atom stereocenters. The zero-order valence-corrected chi connectivity index (χ0v) is 15.3. The molecule has 7 heteroatoms. The van der Waals surface area contributed by atoms with Crippen LogP contribution in [0.15, 0.2) is 41.1 Å². The first kappa shape index (κ1) is 18.0. The third-order valence-electron chi connectivity index (χ3n) is 4.09. The lowest BCUT2D eigenvalue weighted by molar-refractivity contribution is 0.0707. The van der Waals surface area contributed by atoms with Gasteiger partial charge in [0, 0.05) is 29.8 Å². The molecule has 1 aliphatic rings. The lowest BCUT2D eigenvalue weighted by atomic mass is 10.0. The van der Waals surface area contributed by atoms with Crippen molar-refractivity contribution in [3.05, 3.63) is 46.7 Å². The second kappa shape index (κ2) is 7.95. The predicted octanol–water partition coefficient (Wildman–Crippen LogP) is 2.88. The lowest BCUT2D eigenvalue weighted by Gasteiger charge is -2.31. The van der Waals surface area contributed by atoms with E-state index >= 15 is 0 Å². The van der Waals surface area contributed by atoms with Gasteiger partial charge in [-0.05, 0) is 38.1 Å². The van der Waals surface area contributed by atoms with E-state index in [1.54, 1.807) is 17.1 Å². The van der Waals surface area contributed by atoms with Crippen molar-refractivity contribution >= 4 is 34.2 Å². The fraction of sp³-hybridized carbons (Fsp3) is 0.375. The molecule has 0 radical (unpaired) electrons. The van der Waals surface area contributed by atoms with E-state index in [4.69, 9.17) is 0 Å². The van der Waals surface area contributed by atoms with Crippen LogP contribution in [0.5, 0.6) is 0 Å². The molecule has 1 saturated heterocycles. The number of nitrogens with one attached hydrogen (secondary N) is 1. The summed E-state index contributed by atoms with van der Waals surface area (Å²) in [5.74, 6) is 0.0656. The third kappa shape index (κ3) is 4.13. The number of amides is 1. The highest BCUT2D eigenvalue weighted by Gasteiger charge is 2.23. The summed E-state index contributed by atoms with van der Waals surface area (Å²) in [5, 5.41) is 7.59. The van der Waals surface area contributed by atoms with Crippen LogP contribution >= 0.6 is 28.3 Å². The number of piperidine rings is 1. The summed E-state index contributed by atoms with van der Waals surface area (Å²) in [7, 11) is 1.98. The Hall–Kier alpha value is -1.37. The Labute approximate surface area is 150 Å². The fourth-order valence-corrected chi connectivity index (χ4v) is 3.13. The van der Waals surface area contributed by atoms with Crippen LogP contribution in [0.1, 0.15) is 23.2 Å². The number of likely N-dealkylation sites (tertiary alicyclic amines) is 1. The summed E-state index contributed by atoms with van der Waals surface area (Å²) in [6, 6.07) is 8.37. The Morgan fingerprint density at radius 1 is 1.35 bits per heavy atom. The summed E-state index contributed by atoms with van der Waals surface area (Å²) in [5.41, 5.74) is 1.57. The first-order valence-corrected chi connectivity index (χ1v) is 8.24. The van der Waals surface area contributed by atoms with Crippen molar-refractivity contribution in [2.45, 2.75) is 18.9 Å². The molecule has 0 bridgehead atoms. The molecule has 23 heavy (non-hydrogen) atoms. The molecule has 1 aromatic carbocycles. The number of halogens is 2. The van der Waals surface area contributed by atoms with Crippen molar-refractivity contribution in [2.24, 2.45) is 0 Å². The zero-order valence-electron chi connectivity index (χ0n) is 12.9. The van der Waals surface area contributed by atoms with Crippen LogP contribution < -0.4 is 5.32 Å². The van der Waals surface area contributed by atoms with Crippen molar-refractivity contribution in [1.82, 2.24) is 20.0 Å². The van der Waals surface area contributed by atoms with Crippen LogP contribution in [0.2, 0.25) is 0 Å². The maximum absolute atomic E-state index is 12.5. The first-order valence-electron chi connectivity index (χ1n) is 7.44. The summed E-state index contributed by atoms with van der Waals surface area (Å²) in [6.45, 7) is 1.60. The van der Waals surface area contributed by atoms with Gasteiger partial charge in [-0.3, -0.25) is 4.79 Å². The molecule has 1 N–H and O–H groups in total. The number of carbonyl (C=O) groups excluding carboxylic acids is 1. The minimum Gasteiger partial charge on any atom is -0.338 e. The van der Waals surface area contributed by atoms with Gasteiger partial charge in [0.15, 0.2) is 0 Å².